The first kappa shape index (κ1) is 18.5. The molecule has 0 radical (unpaired) electrons. The smallest absolute Gasteiger partial charge is 0.253 e. The Labute approximate surface area is 147 Å². The monoisotopic (exact) mass is 345 g/mol. The third-order valence-corrected chi connectivity index (χ3v) is 4.18. The highest BCUT2D eigenvalue weighted by Gasteiger charge is 2.25. The summed E-state index contributed by atoms with van der Waals surface area (Å²) in [5.41, 5.74) is 0.594. The molecular formula is C18H23N3O4. The molecule has 0 unspecified atom stereocenters. The number of hydrogen-bond donors (Lipinski definition) is 0. The number of rotatable bonds is 5. The molecule has 3 amide bonds. The molecule has 0 spiro atoms. The van der Waals surface area contributed by atoms with Crippen LogP contribution in [0.2, 0.25) is 0 Å². The van der Waals surface area contributed by atoms with Crippen LogP contribution in [-0.2, 0) is 9.59 Å². The predicted octanol–water partition coefficient (Wildman–Crippen LogP) is 0.624. The lowest BCUT2D eigenvalue weighted by Gasteiger charge is -2.35. The second kappa shape index (κ2) is 8.32. The number of carbonyl (C=O) groups is 3. The van der Waals surface area contributed by atoms with E-state index in [2.05, 4.69) is 6.58 Å². The summed E-state index contributed by atoms with van der Waals surface area (Å²) in [5, 5.41) is 0. The molecule has 1 fully saturated rings. The fourth-order valence-corrected chi connectivity index (χ4v) is 2.61. The molecule has 0 atom stereocenters. The number of carbonyl (C=O) groups excluding carboxylic acids is 3. The van der Waals surface area contributed by atoms with Crippen LogP contribution in [0.5, 0.6) is 5.75 Å². The Hall–Kier alpha value is -2.83. The van der Waals surface area contributed by atoms with Gasteiger partial charge in [-0.25, -0.2) is 0 Å². The first-order chi connectivity index (χ1) is 12.0. The molecule has 1 aromatic carbocycles. The Kier molecular flexibility index (Phi) is 6.16. The highest BCUT2D eigenvalue weighted by molar-refractivity contribution is 5.94. The highest BCUT2D eigenvalue weighted by atomic mass is 16.5. The Morgan fingerprint density at radius 2 is 1.68 bits per heavy atom. The Morgan fingerprint density at radius 3 is 2.20 bits per heavy atom. The summed E-state index contributed by atoms with van der Waals surface area (Å²) < 4.78 is 5.09. The second-order valence-electron chi connectivity index (χ2n) is 5.80. The fraction of sp³-hybridized carbons (Fsp3) is 0.389. The van der Waals surface area contributed by atoms with E-state index in [1.165, 1.54) is 11.0 Å². The molecule has 1 saturated heterocycles. The minimum atomic E-state index is -0.290. The zero-order valence-corrected chi connectivity index (χ0v) is 14.6. The third kappa shape index (κ3) is 4.59. The van der Waals surface area contributed by atoms with Gasteiger partial charge < -0.3 is 19.4 Å². The minimum Gasteiger partial charge on any atom is -0.497 e. The maximum absolute atomic E-state index is 12.5. The molecule has 0 saturated carbocycles. The maximum Gasteiger partial charge on any atom is 0.253 e. The quantitative estimate of drug-likeness (QED) is 0.734. The molecule has 7 nitrogen and oxygen atoms in total. The van der Waals surface area contributed by atoms with E-state index in [0.29, 0.717) is 37.5 Å². The standard InChI is InChI=1S/C18H23N3O4/c1-4-16(22)19(2)13-17(23)20-9-11-21(12-10-20)18(24)14-5-7-15(25-3)8-6-14/h4-8H,1,9-13H2,2-3H3. The second-order valence-corrected chi connectivity index (χ2v) is 5.80. The number of likely N-dealkylation sites (N-methyl/N-ethyl adjacent to an activating group) is 1. The zero-order valence-electron chi connectivity index (χ0n) is 14.6. The molecular weight excluding hydrogens is 322 g/mol. The van der Waals surface area contributed by atoms with E-state index in [1.807, 2.05) is 0 Å². The first-order valence-corrected chi connectivity index (χ1v) is 8.05. The number of piperazine rings is 1. The van der Waals surface area contributed by atoms with Crippen molar-refractivity contribution in [2.45, 2.75) is 0 Å². The Balaban J connectivity index is 1.87. The van der Waals surface area contributed by atoms with Gasteiger partial charge in [0, 0.05) is 38.8 Å². The van der Waals surface area contributed by atoms with Crippen molar-refractivity contribution in [3.63, 3.8) is 0 Å². The molecule has 2 rings (SSSR count). The Bertz CT molecular complexity index is 649. The summed E-state index contributed by atoms with van der Waals surface area (Å²) in [6, 6.07) is 6.96. The SMILES string of the molecule is C=CC(=O)N(C)CC(=O)N1CCN(C(=O)c2ccc(OC)cc2)CC1. The van der Waals surface area contributed by atoms with Gasteiger partial charge in [-0.2, -0.15) is 0 Å². The molecule has 134 valence electrons. The van der Waals surface area contributed by atoms with Crippen LogP contribution in [0.1, 0.15) is 10.4 Å². The van der Waals surface area contributed by atoms with Crippen LogP contribution in [0.25, 0.3) is 0 Å². The summed E-state index contributed by atoms with van der Waals surface area (Å²) in [5.74, 6) is 0.217. The molecule has 0 aliphatic carbocycles. The number of ether oxygens (including phenoxy) is 1. The number of hydrogen-bond acceptors (Lipinski definition) is 4. The molecule has 0 bridgehead atoms. The van der Waals surface area contributed by atoms with Gasteiger partial charge in [-0.05, 0) is 30.3 Å². The lowest BCUT2D eigenvalue weighted by atomic mass is 10.1. The predicted molar refractivity (Wildman–Crippen MR) is 93.3 cm³/mol. The van der Waals surface area contributed by atoms with Crippen molar-refractivity contribution in [3.8, 4) is 5.75 Å². The molecule has 25 heavy (non-hydrogen) atoms. The molecule has 1 aliphatic rings. The van der Waals surface area contributed by atoms with E-state index in [-0.39, 0.29) is 24.3 Å². The average Bonchev–Trinajstić information content (AvgIpc) is 2.66. The normalized spacial score (nSPS) is 14.0. The van der Waals surface area contributed by atoms with E-state index >= 15 is 0 Å². The topological polar surface area (TPSA) is 70.2 Å². The molecule has 1 aromatic rings. The van der Waals surface area contributed by atoms with Gasteiger partial charge in [0.1, 0.15) is 5.75 Å². The van der Waals surface area contributed by atoms with Gasteiger partial charge >= 0.3 is 0 Å². The van der Waals surface area contributed by atoms with Crippen LogP contribution in [0.15, 0.2) is 36.9 Å². The number of amides is 3. The number of nitrogens with zero attached hydrogens (tertiary/aromatic N) is 3. The van der Waals surface area contributed by atoms with Crippen molar-refractivity contribution in [1.29, 1.82) is 0 Å². The van der Waals surface area contributed by atoms with E-state index in [4.69, 9.17) is 4.74 Å². The van der Waals surface area contributed by atoms with E-state index in [9.17, 15) is 14.4 Å². The van der Waals surface area contributed by atoms with Crippen LogP contribution in [-0.4, -0.2) is 79.3 Å². The fourth-order valence-electron chi connectivity index (χ4n) is 2.61. The summed E-state index contributed by atoms with van der Waals surface area (Å²) in [6.07, 6.45) is 1.18. The van der Waals surface area contributed by atoms with Crippen LogP contribution >= 0.6 is 0 Å². The van der Waals surface area contributed by atoms with Crippen LogP contribution in [0, 0.1) is 0 Å². The van der Waals surface area contributed by atoms with E-state index in [1.54, 1.807) is 48.2 Å². The van der Waals surface area contributed by atoms with Gasteiger partial charge in [0.2, 0.25) is 11.8 Å². The summed E-state index contributed by atoms with van der Waals surface area (Å²) in [7, 11) is 3.14. The number of benzene rings is 1. The van der Waals surface area contributed by atoms with Crippen molar-refractivity contribution in [2.24, 2.45) is 0 Å². The van der Waals surface area contributed by atoms with Crippen molar-refractivity contribution >= 4 is 17.7 Å². The molecule has 1 aliphatic heterocycles. The average molecular weight is 345 g/mol. The van der Waals surface area contributed by atoms with Gasteiger partial charge in [-0.15, -0.1) is 0 Å². The van der Waals surface area contributed by atoms with Crippen molar-refractivity contribution < 1.29 is 19.1 Å². The van der Waals surface area contributed by atoms with Gasteiger partial charge in [0.05, 0.1) is 13.7 Å². The van der Waals surface area contributed by atoms with Crippen molar-refractivity contribution in [3.05, 3.63) is 42.5 Å². The lowest BCUT2D eigenvalue weighted by molar-refractivity contribution is -0.138. The summed E-state index contributed by atoms with van der Waals surface area (Å²) in [4.78, 5) is 40.9. The van der Waals surface area contributed by atoms with Gasteiger partial charge in [0.15, 0.2) is 0 Å². The van der Waals surface area contributed by atoms with Crippen molar-refractivity contribution in [1.82, 2.24) is 14.7 Å². The van der Waals surface area contributed by atoms with Crippen LogP contribution in [0.4, 0.5) is 0 Å². The van der Waals surface area contributed by atoms with Crippen LogP contribution in [0.3, 0.4) is 0 Å². The lowest BCUT2D eigenvalue weighted by Crippen LogP contribution is -2.52. The van der Waals surface area contributed by atoms with E-state index < -0.39 is 0 Å². The molecule has 7 heteroatoms. The van der Waals surface area contributed by atoms with E-state index in [0.717, 1.165) is 0 Å². The van der Waals surface area contributed by atoms with Gasteiger partial charge in [-0.3, -0.25) is 14.4 Å². The minimum absolute atomic E-state index is 0.0112. The summed E-state index contributed by atoms with van der Waals surface area (Å²) >= 11 is 0. The maximum atomic E-state index is 12.5. The highest BCUT2D eigenvalue weighted by Crippen LogP contribution is 2.14. The molecule has 0 aromatic heterocycles. The largest absolute Gasteiger partial charge is 0.497 e. The van der Waals surface area contributed by atoms with Crippen molar-refractivity contribution in [2.75, 3.05) is 46.9 Å². The van der Waals surface area contributed by atoms with Gasteiger partial charge in [0.25, 0.3) is 5.91 Å². The zero-order chi connectivity index (χ0) is 18.4. The Morgan fingerprint density at radius 1 is 1.12 bits per heavy atom. The van der Waals surface area contributed by atoms with Gasteiger partial charge in [-0.1, -0.05) is 6.58 Å². The first-order valence-electron chi connectivity index (χ1n) is 8.05. The molecule has 0 N–H and O–H groups in total. The van der Waals surface area contributed by atoms with Crippen LogP contribution < -0.4 is 4.74 Å². The molecule has 1 heterocycles. The third-order valence-electron chi connectivity index (χ3n) is 4.18. The number of methoxy groups -OCH3 is 1. The summed E-state index contributed by atoms with van der Waals surface area (Å²) in [6.45, 7) is 5.26.